The second-order valence-corrected chi connectivity index (χ2v) is 6.61. The molecule has 0 aliphatic heterocycles. The Hall–Kier alpha value is -3.88. The number of anilines is 1. The van der Waals surface area contributed by atoms with Gasteiger partial charge in [-0.15, -0.1) is 0 Å². The van der Waals surface area contributed by atoms with Gasteiger partial charge in [-0.3, -0.25) is 9.59 Å². The van der Waals surface area contributed by atoms with E-state index in [1.807, 2.05) is 13.0 Å². The van der Waals surface area contributed by atoms with Gasteiger partial charge in [-0.1, -0.05) is 17.3 Å². The van der Waals surface area contributed by atoms with Gasteiger partial charge in [0.1, 0.15) is 18.0 Å². The molecule has 0 saturated carbocycles. The van der Waals surface area contributed by atoms with Crippen LogP contribution in [0.5, 0.6) is 11.5 Å². The summed E-state index contributed by atoms with van der Waals surface area (Å²) in [6.07, 6.45) is 0. The highest BCUT2D eigenvalue weighted by molar-refractivity contribution is 5.99. The first-order chi connectivity index (χ1) is 15.0. The number of methoxy groups -OCH3 is 1. The van der Waals surface area contributed by atoms with Crippen LogP contribution < -0.4 is 14.8 Å². The fourth-order valence-electron chi connectivity index (χ4n) is 2.86. The average molecular weight is 424 g/mol. The molecule has 0 spiro atoms. The lowest BCUT2D eigenvalue weighted by Gasteiger charge is -2.21. The Kier molecular flexibility index (Phi) is 7.21. The lowest BCUT2D eigenvalue weighted by Crippen LogP contribution is -2.37. The van der Waals surface area contributed by atoms with E-state index in [4.69, 9.17) is 14.0 Å². The van der Waals surface area contributed by atoms with Crippen LogP contribution in [0.3, 0.4) is 0 Å². The molecule has 162 valence electrons. The molecule has 0 saturated heterocycles. The Morgan fingerprint density at radius 3 is 2.52 bits per heavy atom. The van der Waals surface area contributed by atoms with Crippen LogP contribution in [-0.4, -0.2) is 47.1 Å². The minimum absolute atomic E-state index is 0.0805. The van der Waals surface area contributed by atoms with Gasteiger partial charge >= 0.3 is 0 Å². The maximum Gasteiger partial charge on any atom is 0.254 e. The number of rotatable bonds is 9. The summed E-state index contributed by atoms with van der Waals surface area (Å²) in [4.78, 5) is 30.8. The van der Waals surface area contributed by atoms with Gasteiger partial charge in [-0.05, 0) is 43.3 Å². The predicted molar refractivity (Wildman–Crippen MR) is 113 cm³/mol. The monoisotopic (exact) mass is 424 g/mol. The van der Waals surface area contributed by atoms with Gasteiger partial charge in [0, 0.05) is 19.0 Å². The van der Waals surface area contributed by atoms with E-state index in [9.17, 15) is 9.59 Å². The number of carbonyl (C=O) groups excluding carboxylic acids is 2. The third kappa shape index (κ3) is 5.81. The van der Waals surface area contributed by atoms with Gasteiger partial charge in [-0.25, -0.2) is 0 Å². The first kappa shape index (κ1) is 21.8. The summed E-state index contributed by atoms with van der Waals surface area (Å²) in [6.45, 7) is 3.98. The third-order valence-corrected chi connectivity index (χ3v) is 4.42. The molecule has 2 aromatic carbocycles. The number of hydrogen-bond donors (Lipinski definition) is 1. The number of carbonyl (C=O) groups is 2. The highest BCUT2D eigenvalue weighted by atomic mass is 16.5. The topological polar surface area (TPSA) is 107 Å². The number of aryl methyl sites for hydroxylation is 1. The lowest BCUT2D eigenvalue weighted by atomic mass is 10.2. The summed E-state index contributed by atoms with van der Waals surface area (Å²) in [5.74, 6) is 1.46. The van der Waals surface area contributed by atoms with Gasteiger partial charge in [-0.2, -0.15) is 4.98 Å². The first-order valence-electron chi connectivity index (χ1n) is 9.74. The van der Waals surface area contributed by atoms with Crippen molar-refractivity contribution in [3.05, 3.63) is 65.8 Å². The third-order valence-electron chi connectivity index (χ3n) is 4.42. The van der Waals surface area contributed by atoms with Crippen molar-refractivity contribution in [1.29, 1.82) is 0 Å². The van der Waals surface area contributed by atoms with Gasteiger partial charge < -0.3 is 24.2 Å². The molecule has 2 amide bonds. The fourth-order valence-corrected chi connectivity index (χ4v) is 2.86. The minimum atomic E-state index is -0.310. The molecule has 3 rings (SSSR count). The number of nitrogens with zero attached hydrogens (tertiary/aromatic N) is 3. The van der Waals surface area contributed by atoms with Crippen LogP contribution in [0.15, 0.2) is 53.1 Å². The zero-order chi connectivity index (χ0) is 22.2. The Bertz CT molecular complexity index is 1030. The average Bonchev–Trinajstić information content (AvgIpc) is 3.21. The molecule has 31 heavy (non-hydrogen) atoms. The first-order valence-corrected chi connectivity index (χ1v) is 9.74. The Balaban J connectivity index is 1.58. The van der Waals surface area contributed by atoms with Crippen molar-refractivity contribution >= 4 is 17.5 Å². The summed E-state index contributed by atoms with van der Waals surface area (Å²) in [5.41, 5.74) is 1.01. The van der Waals surface area contributed by atoms with E-state index in [0.29, 0.717) is 41.0 Å². The number of benzene rings is 2. The summed E-state index contributed by atoms with van der Waals surface area (Å²) < 4.78 is 15.7. The van der Waals surface area contributed by atoms with E-state index in [1.54, 1.807) is 49.4 Å². The molecule has 0 radical (unpaired) electrons. The molecular formula is C22H24N4O5. The van der Waals surface area contributed by atoms with E-state index < -0.39 is 0 Å². The number of nitrogens with one attached hydrogen (secondary N) is 1. The van der Waals surface area contributed by atoms with Crippen molar-refractivity contribution in [3.8, 4) is 11.5 Å². The zero-order valence-electron chi connectivity index (χ0n) is 17.6. The smallest absolute Gasteiger partial charge is 0.254 e. The van der Waals surface area contributed by atoms with Crippen molar-refractivity contribution in [2.24, 2.45) is 0 Å². The fraction of sp³-hybridized carbons (Fsp3) is 0.273. The van der Waals surface area contributed by atoms with E-state index in [2.05, 4.69) is 15.5 Å². The molecule has 0 fully saturated rings. The van der Waals surface area contributed by atoms with E-state index in [-0.39, 0.29) is 25.0 Å². The van der Waals surface area contributed by atoms with Crippen molar-refractivity contribution in [3.63, 3.8) is 0 Å². The second kappa shape index (κ2) is 10.2. The molecular weight excluding hydrogens is 400 g/mol. The number of aromatic nitrogens is 2. The lowest BCUT2D eigenvalue weighted by molar-refractivity contribution is -0.116. The van der Waals surface area contributed by atoms with Gasteiger partial charge in [0.2, 0.25) is 17.6 Å². The van der Waals surface area contributed by atoms with Crippen LogP contribution >= 0.6 is 0 Å². The molecule has 0 bridgehead atoms. The molecule has 0 atom stereocenters. The van der Waals surface area contributed by atoms with E-state index in [1.165, 1.54) is 12.0 Å². The Morgan fingerprint density at radius 2 is 1.87 bits per heavy atom. The second-order valence-electron chi connectivity index (χ2n) is 6.61. The standard InChI is InChI=1S/C22H24N4O5/c1-4-26(13-21(27)24-18-7-5-6-8-19(18)29-3)22(28)16-9-11-17(12-10-16)30-14-20-23-15(2)31-25-20/h5-12H,4,13-14H2,1-3H3,(H,24,27). The van der Waals surface area contributed by atoms with Crippen LogP contribution in [0.25, 0.3) is 0 Å². The molecule has 1 heterocycles. The number of amides is 2. The number of para-hydroxylation sites is 2. The number of ether oxygens (including phenoxy) is 2. The van der Waals surface area contributed by atoms with Crippen molar-refractivity contribution in [2.45, 2.75) is 20.5 Å². The van der Waals surface area contributed by atoms with Crippen molar-refractivity contribution in [2.75, 3.05) is 25.5 Å². The quantitative estimate of drug-likeness (QED) is 0.562. The number of hydrogen-bond acceptors (Lipinski definition) is 7. The SMILES string of the molecule is CCN(CC(=O)Nc1ccccc1OC)C(=O)c1ccc(OCc2noc(C)n2)cc1. The Labute approximate surface area is 180 Å². The highest BCUT2D eigenvalue weighted by Crippen LogP contribution is 2.23. The zero-order valence-corrected chi connectivity index (χ0v) is 17.6. The molecule has 0 unspecified atom stereocenters. The molecule has 1 N–H and O–H groups in total. The summed E-state index contributed by atoms with van der Waals surface area (Å²) in [5, 5.41) is 6.54. The Morgan fingerprint density at radius 1 is 1.13 bits per heavy atom. The normalized spacial score (nSPS) is 10.4. The number of likely N-dealkylation sites (N-methyl/N-ethyl adjacent to an activating group) is 1. The van der Waals surface area contributed by atoms with Gasteiger partial charge in [0.05, 0.1) is 12.8 Å². The highest BCUT2D eigenvalue weighted by Gasteiger charge is 2.18. The maximum atomic E-state index is 12.8. The summed E-state index contributed by atoms with van der Waals surface area (Å²) >= 11 is 0. The maximum absolute atomic E-state index is 12.8. The summed E-state index contributed by atoms with van der Waals surface area (Å²) in [6, 6.07) is 13.8. The van der Waals surface area contributed by atoms with Crippen LogP contribution in [0, 0.1) is 6.92 Å². The largest absolute Gasteiger partial charge is 0.495 e. The van der Waals surface area contributed by atoms with Crippen LogP contribution in [0.2, 0.25) is 0 Å². The van der Waals surface area contributed by atoms with Crippen LogP contribution in [0.1, 0.15) is 29.0 Å². The molecule has 0 aliphatic carbocycles. The van der Waals surface area contributed by atoms with Crippen molar-refractivity contribution in [1.82, 2.24) is 15.0 Å². The molecule has 0 aliphatic rings. The minimum Gasteiger partial charge on any atom is -0.495 e. The van der Waals surface area contributed by atoms with Gasteiger partial charge in [0.15, 0.2) is 6.61 Å². The van der Waals surface area contributed by atoms with Crippen LogP contribution in [-0.2, 0) is 11.4 Å². The molecule has 9 nitrogen and oxygen atoms in total. The molecule has 3 aromatic rings. The van der Waals surface area contributed by atoms with Gasteiger partial charge in [0.25, 0.3) is 5.91 Å². The van der Waals surface area contributed by atoms with Crippen molar-refractivity contribution < 1.29 is 23.6 Å². The summed E-state index contributed by atoms with van der Waals surface area (Å²) in [7, 11) is 1.53. The van der Waals surface area contributed by atoms with Crippen LogP contribution in [0.4, 0.5) is 5.69 Å². The van der Waals surface area contributed by atoms with E-state index in [0.717, 1.165) is 0 Å². The molecule has 9 heteroatoms. The predicted octanol–water partition coefficient (Wildman–Crippen LogP) is 3.07. The molecule has 1 aromatic heterocycles. The van der Waals surface area contributed by atoms with E-state index >= 15 is 0 Å².